The van der Waals surface area contributed by atoms with Crippen molar-refractivity contribution in [3.05, 3.63) is 59.7 Å². The zero-order chi connectivity index (χ0) is 29.1. The maximum Gasteiger partial charge on any atom is 0.422 e. The molecule has 6 bridgehead atoms. The van der Waals surface area contributed by atoms with Crippen molar-refractivity contribution in [1.82, 2.24) is 25.2 Å². The lowest BCUT2D eigenvalue weighted by Gasteiger charge is -2.21. The van der Waals surface area contributed by atoms with E-state index in [1.165, 1.54) is 0 Å². The lowest BCUT2D eigenvalue weighted by molar-refractivity contribution is -0.154. The highest BCUT2D eigenvalue weighted by Crippen LogP contribution is 2.21. The first kappa shape index (κ1) is 29.8. The van der Waals surface area contributed by atoms with Crippen LogP contribution in [0, 0.1) is 0 Å². The fourth-order valence-electron chi connectivity index (χ4n) is 4.16. The summed E-state index contributed by atoms with van der Waals surface area (Å²) in [5.41, 5.74) is 1.90. The van der Waals surface area contributed by atoms with Crippen molar-refractivity contribution in [1.29, 1.82) is 0 Å². The largest absolute Gasteiger partial charge is 0.494 e. The Morgan fingerprint density at radius 1 is 0.951 bits per heavy atom. The first-order valence-electron chi connectivity index (χ1n) is 13.6. The molecule has 4 aliphatic heterocycles. The number of nitrogens with zero attached hydrogens (tertiary/aromatic N) is 4. The van der Waals surface area contributed by atoms with Crippen molar-refractivity contribution in [2.75, 3.05) is 50.0 Å². The number of anilines is 3. The van der Waals surface area contributed by atoms with E-state index in [4.69, 9.17) is 9.47 Å². The molecule has 0 fully saturated rings. The molecule has 0 unspecified atom stereocenters. The first-order valence-corrected chi connectivity index (χ1v) is 13.6. The number of rotatable bonds is 4. The molecule has 0 aliphatic carbocycles. The molecule has 13 heteroatoms. The van der Waals surface area contributed by atoms with Crippen molar-refractivity contribution < 1.29 is 27.4 Å². The maximum atomic E-state index is 12.7. The van der Waals surface area contributed by atoms with Crippen molar-refractivity contribution >= 4 is 23.5 Å². The van der Waals surface area contributed by atoms with Gasteiger partial charge in [0.25, 0.3) is 5.91 Å². The summed E-state index contributed by atoms with van der Waals surface area (Å²) in [6.07, 6.45) is -1.81. The third-order valence-corrected chi connectivity index (χ3v) is 6.12. The Labute approximate surface area is 236 Å². The lowest BCUT2D eigenvalue weighted by atomic mass is 10.2. The molecule has 4 aliphatic rings. The minimum absolute atomic E-state index is 0.0216. The number of amides is 1. The number of ether oxygens (including phenoxy) is 2. The fraction of sp³-hybridized carbons (Fsp3) is 0.429. The summed E-state index contributed by atoms with van der Waals surface area (Å²) in [6.45, 7) is 4.80. The molecule has 0 radical (unpaired) electrons. The minimum atomic E-state index is -4.55. The van der Waals surface area contributed by atoms with Gasteiger partial charge in [-0.25, -0.2) is 0 Å². The topological polar surface area (TPSA) is 114 Å². The third-order valence-electron chi connectivity index (χ3n) is 6.12. The summed E-state index contributed by atoms with van der Waals surface area (Å²) in [6, 6.07) is 13.6. The van der Waals surface area contributed by atoms with Crippen molar-refractivity contribution in [3.8, 4) is 11.8 Å². The number of alkyl halides is 3. The summed E-state index contributed by atoms with van der Waals surface area (Å²) >= 11 is 0. The molecule has 1 amide bonds. The van der Waals surface area contributed by atoms with Gasteiger partial charge < -0.3 is 30.3 Å². The second-order valence-corrected chi connectivity index (χ2v) is 9.52. The van der Waals surface area contributed by atoms with Gasteiger partial charge in [-0.2, -0.15) is 28.1 Å². The number of aromatic nitrogens is 3. The molecule has 0 saturated carbocycles. The van der Waals surface area contributed by atoms with E-state index in [1.807, 2.05) is 24.3 Å². The Kier molecular flexibility index (Phi) is 10.5. The Bertz CT molecular complexity index is 1260. The number of carbonyl (C=O) groups is 1. The molecule has 0 saturated heterocycles. The number of hydrogen-bond acceptors (Lipinski definition) is 9. The minimum Gasteiger partial charge on any atom is -0.494 e. The quantitative estimate of drug-likeness (QED) is 0.406. The molecule has 0 spiro atoms. The van der Waals surface area contributed by atoms with Crippen LogP contribution in [0.2, 0.25) is 0 Å². The highest BCUT2D eigenvalue weighted by molar-refractivity contribution is 5.94. The van der Waals surface area contributed by atoms with Gasteiger partial charge in [0.2, 0.25) is 11.9 Å². The molecule has 3 aromatic rings. The van der Waals surface area contributed by atoms with Crippen LogP contribution in [-0.2, 0) is 6.54 Å². The van der Waals surface area contributed by atoms with Gasteiger partial charge in [0.1, 0.15) is 5.75 Å². The molecular formula is C28H34F3N7O3. The van der Waals surface area contributed by atoms with Gasteiger partial charge in [-0.1, -0.05) is 19.1 Å². The van der Waals surface area contributed by atoms with E-state index in [0.29, 0.717) is 30.9 Å². The van der Waals surface area contributed by atoms with Crippen LogP contribution in [0.3, 0.4) is 0 Å². The van der Waals surface area contributed by atoms with Crippen LogP contribution in [0.5, 0.6) is 11.8 Å². The summed E-state index contributed by atoms with van der Waals surface area (Å²) in [7, 11) is 0. The standard InChI is InChI=1S/C28H34F3N7O3/c1-2-14-38-15-3-13-32-24(39)21-7-9-22(10-8-21)34-26-35-25(36-27(37-26)41-19-28(29,30)31)33-18-20-5-11-23(12-6-20)40-17-4-16-38/h5-12H,2-4,13-19H2,1H3,(H,32,39)(H2,33,34,35,36,37). The zero-order valence-electron chi connectivity index (χ0n) is 22.8. The van der Waals surface area contributed by atoms with Gasteiger partial charge in [0.15, 0.2) is 6.61 Å². The average molecular weight is 574 g/mol. The van der Waals surface area contributed by atoms with Gasteiger partial charge in [-0.15, -0.1) is 0 Å². The van der Waals surface area contributed by atoms with Gasteiger partial charge in [0.05, 0.1) is 6.61 Å². The number of benzene rings is 2. The van der Waals surface area contributed by atoms with E-state index in [0.717, 1.165) is 50.2 Å². The second kappa shape index (κ2) is 14.5. The van der Waals surface area contributed by atoms with Gasteiger partial charge in [-0.05, 0) is 74.3 Å². The van der Waals surface area contributed by atoms with E-state index in [9.17, 15) is 18.0 Å². The molecule has 3 N–H and O–H groups in total. The molecule has 5 heterocycles. The van der Waals surface area contributed by atoms with E-state index in [1.54, 1.807) is 24.3 Å². The van der Waals surface area contributed by atoms with E-state index in [-0.39, 0.29) is 17.8 Å². The molecule has 7 rings (SSSR count). The van der Waals surface area contributed by atoms with Crippen LogP contribution >= 0.6 is 0 Å². The van der Waals surface area contributed by atoms with Crippen molar-refractivity contribution in [2.24, 2.45) is 0 Å². The predicted molar refractivity (Wildman–Crippen MR) is 149 cm³/mol. The summed E-state index contributed by atoms with van der Waals surface area (Å²) in [5.74, 6) is 0.559. The van der Waals surface area contributed by atoms with E-state index >= 15 is 0 Å². The highest BCUT2D eigenvalue weighted by Gasteiger charge is 2.29. The molecule has 1 aromatic heterocycles. The average Bonchev–Trinajstić information content (AvgIpc) is 2.95. The monoisotopic (exact) mass is 573 g/mol. The zero-order valence-corrected chi connectivity index (χ0v) is 22.8. The van der Waals surface area contributed by atoms with E-state index < -0.39 is 18.8 Å². The van der Waals surface area contributed by atoms with Crippen LogP contribution in [-0.4, -0.2) is 71.3 Å². The first-order chi connectivity index (χ1) is 19.8. The number of nitrogens with one attached hydrogen (secondary N) is 3. The van der Waals surface area contributed by atoms with Crippen LogP contribution < -0.4 is 25.4 Å². The summed E-state index contributed by atoms with van der Waals surface area (Å²) < 4.78 is 48.9. The molecule has 220 valence electrons. The summed E-state index contributed by atoms with van der Waals surface area (Å²) in [5, 5.41) is 8.88. The second-order valence-electron chi connectivity index (χ2n) is 9.52. The van der Waals surface area contributed by atoms with Crippen LogP contribution in [0.1, 0.15) is 42.1 Å². The Morgan fingerprint density at radius 3 is 2.41 bits per heavy atom. The number of hydrogen-bond donors (Lipinski definition) is 3. The molecule has 41 heavy (non-hydrogen) atoms. The molecule has 0 atom stereocenters. The highest BCUT2D eigenvalue weighted by atomic mass is 19.4. The molecular weight excluding hydrogens is 539 g/mol. The normalized spacial score (nSPS) is 15.7. The van der Waals surface area contributed by atoms with Crippen LogP contribution in [0.25, 0.3) is 0 Å². The van der Waals surface area contributed by atoms with Gasteiger partial charge in [-0.3, -0.25) is 4.79 Å². The van der Waals surface area contributed by atoms with Crippen molar-refractivity contribution in [2.45, 2.75) is 38.9 Å². The maximum absolute atomic E-state index is 12.7. The lowest BCUT2D eigenvalue weighted by Crippen LogP contribution is -2.31. The van der Waals surface area contributed by atoms with E-state index in [2.05, 4.69) is 42.7 Å². The Morgan fingerprint density at radius 2 is 1.68 bits per heavy atom. The summed E-state index contributed by atoms with van der Waals surface area (Å²) in [4.78, 5) is 27.2. The molecule has 2 aromatic carbocycles. The SMILES string of the molecule is CCCN1CCCNC(=O)c2ccc(cc2)Nc2nc(nc(OCC(F)(F)F)n2)NCc2ccc(cc2)OCCC1. The van der Waals surface area contributed by atoms with Gasteiger partial charge >= 0.3 is 12.2 Å². The van der Waals surface area contributed by atoms with Crippen LogP contribution in [0.4, 0.5) is 30.8 Å². The Hall–Kier alpha value is -4.13. The smallest absolute Gasteiger partial charge is 0.422 e. The molecule has 10 nitrogen and oxygen atoms in total. The van der Waals surface area contributed by atoms with Gasteiger partial charge in [0, 0.05) is 30.9 Å². The number of halogens is 3. The fourth-order valence-corrected chi connectivity index (χ4v) is 4.16. The third kappa shape index (κ3) is 10.1. The number of carbonyl (C=O) groups excluding carboxylic acids is 1. The van der Waals surface area contributed by atoms with Crippen LogP contribution in [0.15, 0.2) is 48.5 Å². The predicted octanol–water partition coefficient (Wildman–Crippen LogP) is 4.78. The van der Waals surface area contributed by atoms with Crippen molar-refractivity contribution in [3.63, 3.8) is 0 Å². The Balaban J connectivity index is 1.53.